The van der Waals surface area contributed by atoms with Gasteiger partial charge in [0.15, 0.2) is 5.78 Å². The van der Waals surface area contributed by atoms with Crippen molar-refractivity contribution in [3.8, 4) is 0 Å². The first-order chi connectivity index (χ1) is 16.4. The summed E-state index contributed by atoms with van der Waals surface area (Å²) >= 11 is 0. The van der Waals surface area contributed by atoms with Crippen molar-refractivity contribution in [2.75, 3.05) is 24.4 Å². The van der Waals surface area contributed by atoms with Gasteiger partial charge >= 0.3 is 5.69 Å². The maximum absolute atomic E-state index is 13.5. The van der Waals surface area contributed by atoms with Crippen molar-refractivity contribution in [1.29, 1.82) is 0 Å². The minimum atomic E-state index is -0.712. The molecule has 0 radical (unpaired) electrons. The lowest BCUT2D eigenvalue weighted by Gasteiger charge is -2.29. The van der Waals surface area contributed by atoms with E-state index in [1.165, 1.54) is 18.6 Å². The average molecular weight is 458 g/mol. The number of allylic oxidation sites excluding steroid dienone is 1. The van der Waals surface area contributed by atoms with Crippen LogP contribution in [0.1, 0.15) is 39.9 Å². The molecule has 0 spiro atoms. The highest BCUT2D eigenvalue weighted by Crippen LogP contribution is 2.47. The molecule has 3 N–H and O–H groups in total. The standard InChI is InChI=1S/C25H22N4O5/c1-13(30)26-15-9-7-14(8-10-15)18-19-21(16-5-3-4-6-17(16)22(19)31)27-23-20(18)24(32)28-25(33)29(23)11-12-34-2/h3-10,18,27H,11-12H2,1-2H3,(H,26,30)(H,28,32,33). The lowest BCUT2D eigenvalue weighted by atomic mass is 9.81. The van der Waals surface area contributed by atoms with Crippen molar-refractivity contribution in [1.82, 2.24) is 9.55 Å². The first-order valence-electron chi connectivity index (χ1n) is 10.8. The molecule has 0 bridgehead atoms. The number of nitrogens with one attached hydrogen (secondary N) is 3. The maximum atomic E-state index is 13.5. The largest absolute Gasteiger partial charge is 0.383 e. The predicted molar refractivity (Wildman–Crippen MR) is 127 cm³/mol. The zero-order valence-corrected chi connectivity index (χ0v) is 18.6. The van der Waals surface area contributed by atoms with Crippen LogP contribution in [0.25, 0.3) is 5.70 Å². The van der Waals surface area contributed by atoms with Crippen LogP contribution in [0.5, 0.6) is 0 Å². The number of hydrogen-bond donors (Lipinski definition) is 3. The number of carbonyl (C=O) groups is 2. The molecule has 3 aromatic rings. The number of methoxy groups -OCH3 is 1. The number of amides is 1. The van der Waals surface area contributed by atoms with Gasteiger partial charge in [0.1, 0.15) is 5.82 Å². The summed E-state index contributed by atoms with van der Waals surface area (Å²) in [5.41, 5.74) is 2.73. The van der Waals surface area contributed by atoms with E-state index in [0.29, 0.717) is 33.9 Å². The minimum absolute atomic E-state index is 0.172. The Hall–Kier alpha value is -4.24. The average Bonchev–Trinajstić information content (AvgIpc) is 3.10. The van der Waals surface area contributed by atoms with Gasteiger partial charge in [0.25, 0.3) is 5.56 Å². The highest BCUT2D eigenvalue weighted by atomic mass is 16.5. The second kappa shape index (κ2) is 8.27. The summed E-state index contributed by atoms with van der Waals surface area (Å²) in [6.45, 7) is 1.90. The van der Waals surface area contributed by atoms with Crippen LogP contribution in [0.4, 0.5) is 11.5 Å². The fraction of sp³-hybridized carbons (Fsp3) is 0.200. The maximum Gasteiger partial charge on any atom is 0.330 e. The first-order valence-corrected chi connectivity index (χ1v) is 10.8. The molecule has 1 aliphatic heterocycles. The highest BCUT2D eigenvalue weighted by molar-refractivity contribution is 6.23. The van der Waals surface area contributed by atoms with Gasteiger partial charge in [-0.25, -0.2) is 4.79 Å². The summed E-state index contributed by atoms with van der Waals surface area (Å²) in [6, 6.07) is 14.2. The van der Waals surface area contributed by atoms with Crippen LogP contribution in [0, 0.1) is 0 Å². The number of aromatic nitrogens is 2. The van der Waals surface area contributed by atoms with Gasteiger partial charge in [0, 0.05) is 42.3 Å². The molecule has 9 heteroatoms. The van der Waals surface area contributed by atoms with Crippen LogP contribution < -0.4 is 21.9 Å². The number of ether oxygens (including phenoxy) is 1. The van der Waals surface area contributed by atoms with E-state index in [4.69, 9.17) is 4.74 Å². The number of H-pyrrole nitrogens is 1. The van der Waals surface area contributed by atoms with Gasteiger partial charge in [-0.2, -0.15) is 0 Å². The van der Waals surface area contributed by atoms with Gasteiger partial charge in [-0.05, 0) is 17.7 Å². The predicted octanol–water partition coefficient (Wildman–Crippen LogP) is 2.31. The first kappa shape index (κ1) is 21.6. The summed E-state index contributed by atoms with van der Waals surface area (Å²) in [5, 5.41) is 5.95. The Labute approximate surface area is 194 Å². The van der Waals surface area contributed by atoms with Crippen molar-refractivity contribution in [3.05, 3.63) is 97.2 Å². The molecule has 0 fully saturated rings. The third kappa shape index (κ3) is 3.37. The molecule has 1 atom stereocenters. The van der Waals surface area contributed by atoms with Crippen molar-refractivity contribution in [2.45, 2.75) is 19.4 Å². The van der Waals surface area contributed by atoms with Gasteiger partial charge in [0.2, 0.25) is 5.91 Å². The lowest BCUT2D eigenvalue weighted by molar-refractivity contribution is -0.114. The Morgan fingerprint density at radius 2 is 1.76 bits per heavy atom. The Bertz CT molecular complexity index is 1480. The van der Waals surface area contributed by atoms with E-state index < -0.39 is 17.2 Å². The van der Waals surface area contributed by atoms with Crippen LogP contribution in [0.3, 0.4) is 0 Å². The fourth-order valence-electron chi connectivity index (χ4n) is 4.66. The molecule has 2 heterocycles. The molecule has 34 heavy (non-hydrogen) atoms. The van der Waals surface area contributed by atoms with Gasteiger partial charge in [0.05, 0.1) is 24.4 Å². The summed E-state index contributed by atoms with van der Waals surface area (Å²) < 4.78 is 6.58. The van der Waals surface area contributed by atoms with Gasteiger partial charge < -0.3 is 15.4 Å². The molecule has 5 rings (SSSR count). The molecule has 0 saturated heterocycles. The normalized spacial score (nSPS) is 15.9. The molecule has 1 amide bonds. The number of hydrogen-bond acceptors (Lipinski definition) is 6. The number of ketones is 1. The number of anilines is 2. The van der Waals surface area contributed by atoms with Crippen LogP contribution in [0.15, 0.2) is 63.7 Å². The third-order valence-corrected chi connectivity index (χ3v) is 6.09. The van der Waals surface area contributed by atoms with Crippen LogP contribution in [-0.2, 0) is 16.1 Å². The topological polar surface area (TPSA) is 122 Å². The van der Waals surface area contributed by atoms with Crippen molar-refractivity contribution < 1.29 is 14.3 Å². The molecule has 9 nitrogen and oxygen atoms in total. The third-order valence-electron chi connectivity index (χ3n) is 6.09. The summed E-state index contributed by atoms with van der Waals surface area (Å²) in [6.07, 6.45) is 0. The second-order valence-corrected chi connectivity index (χ2v) is 8.19. The number of carbonyl (C=O) groups excluding carboxylic acids is 2. The SMILES string of the molecule is COCCn1c2c(c(=O)[nH]c1=O)C(c1ccc(NC(C)=O)cc1)C1=C(N2)c2ccccc2C1=O. The summed E-state index contributed by atoms with van der Waals surface area (Å²) in [5.74, 6) is -0.751. The van der Waals surface area contributed by atoms with E-state index in [2.05, 4.69) is 15.6 Å². The fourth-order valence-corrected chi connectivity index (χ4v) is 4.66. The molecule has 2 aromatic carbocycles. The van der Waals surface area contributed by atoms with E-state index in [0.717, 1.165) is 5.56 Å². The van der Waals surface area contributed by atoms with E-state index in [-0.39, 0.29) is 30.4 Å². The zero-order valence-electron chi connectivity index (χ0n) is 18.6. The number of nitrogens with zero attached hydrogens (tertiary/aromatic N) is 1. The second-order valence-electron chi connectivity index (χ2n) is 8.19. The molecular formula is C25H22N4O5. The number of benzene rings is 2. The lowest BCUT2D eigenvalue weighted by Crippen LogP contribution is -2.38. The molecule has 1 unspecified atom stereocenters. The summed E-state index contributed by atoms with van der Waals surface area (Å²) in [7, 11) is 1.53. The van der Waals surface area contributed by atoms with Crippen molar-refractivity contribution in [3.63, 3.8) is 0 Å². The Kier molecular flexibility index (Phi) is 5.25. The number of fused-ring (bicyclic) bond motifs is 3. The molecule has 0 saturated carbocycles. The molecular weight excluding hydrogens is 436 g/mol. The number of rotatable bonds is 5. The molecule has 1 aliphatic carbocycles. The quantitative estimate of drug-likeness (QED) is 0.539. The smallest absolute Gasteiger partial charge is 0.330 e. The van der Waals surface area contributed by atoms with Gasteiger partial charge in [-0.1, -0.05) is 36.4 Å². The monoisotopic (exact) mass is 458 g/mol. The van der Waals surface area contributed by atoms with Crippen LogP contribution in [-0.4, -0.2) is 35.0 Å². The van der Waals surface area contributed by atoms with Crippen molar-refractivity contribution in [2.24, 2.45) is 0 Å². The van der Waals surface area contributed by atoms with Crippen molar-refractivity contribution >= 4 is 28.9 Å². The molecule has 1 aromatic heterocycles. The zero-order chi connectivity index (χ0) is 24.0. The Morgan fingerprint density at radius 3 is 2.44 bits per heavy atom. The Morgan fingerprint density at radius 1 is 1.06 bits per heavy atom. The number of Topliss-reactive ketones (excluding diaryl/α,β-unsaturated/α-hetero) is 1. The van der Waals surface area contributed by atoms with E-state index in [1.807, 2.05) is 12.1 Å². The van der Waals surface area contributed by atoms with E-state index >= 15 is 0 Å². The summed E-state index contributed by atoms with van der Waals surface area (Å²) in [4.78, 5) is 53.2. The van der Waals surface area contributed by atoms with Crippen LogP contribution >= 0.6 is 0 Å². The molecule has 2 aliphatic rings. The Balaban J connectivity index is 1.75. The minimum Gasteiger partial charge on any atom is -0.383 e. The highest BCUT2D eigenvalue weighted by Gasteiger charge is 2.42. The van der Waals surface area contributed by atoms with E-state index in [1.54, 1.807) is 36.4 Å². The van der Waals surface area contributed by atoms with Crippen LogP contribution in [0.2, 0.25) is 0 Å². The van der Waals surface area contributed by atoms with E-state index in [9.17, 15) is 19.2 Å². The van der Waals surface area contributed by atoms with Gasteiger partial charge in [-0.15, -0.1) is 0 Å². The number of aromatic amines is 1. The van der Waals surface area contributed by atoms with Gasteiger partial charge in [-0.3, -0.25) is 23.9 Å². The molecule has 172 valence electrons.